The number of rotatable bonds is 6. The van der Waals surface area contributed by atoms with Crippen molar-refractivity contribution in [2.75, 3.05) is 13.2 Å². The number of hydrogen-bond donors (Lipinski definition) is 6. The van der Waals surface area contributed by atoms with Gasteiger partial charge < -0.3 is 49.6 Å². The molecule has 1 aromatic rings. The number of aliphatic hydroxyl groups excluding tert-OH is 6. The Morgan fingerprint density at radius 2 is 1.62 bits per heavy atom. The minimum Gasteiger partial charge on any atom is -0.461 e. The highest BCUT2D eigenvalue weighted by Gasteiger charge is 2.46. The van der Waals surface area contributed by atoms with Gasteiger partial charge in [-0.15, -0.1) is 0 Å². The first-order valence-electron chi connectivity index (χ1n) is 9.01. The average molecular weight is 416 g/mol. The summed E-state index contributed by atoms with van der Waals surface area (Å²) in [6.07, 6.45) is -12.5. The number of benzene rings is 1. The molecule has 29 heavy (non-hydrogen) atoms. The van der Waals surface area contributed by atoms with Crippen molar-refractivity contribution < 1.29 is 54.4 Å². The second-order valence-corrected chi connectivity index (χ2v) is 6.87. The number of carbonyl (C=O) groups is 1. The third-order valence-corrected chi connectivity index (χ3v) is 4.84. The van der Waals surface area contributed by atoms with E-state index in [2.05, 4.69) is 0 Å². The van der Waals surface area contributed by atoms with E-state index in [1.54, 1.807) is 12.1 Å². The molecule has 6 N–H and O–H groups in total. The molecule has 0 amide bonds. The predicted octanol–water partition coefficient (Wildman–Crippen LogP) is -2.86. The van der Waals surface area contributed by atoms with Gasteiger partial charge in [0.05, 0.1) is 18.8 Å². The van der Waals surface area contributed by atoms with Crippen molar-refractivity contribution in [3.63, 3.8) is 0 Å². The van der Waals surface area contributed by atoms with Crippen LogP contribution in [0.3, 0.4) is 0 Å². The highest BCUT2D eigenvalue weighted by atomic mass is 16.7. The van der Waals surface area contributed by atoms with Crippen LogP contribution >= 0.6 is 0 Å². The normalized spacial score (nSPS) is 40.4. The van der Waals surface area contributed by atoms with Gasteiger partial charge in [-0.05, 0) is 12.1 Å². The number of hydrogen-bond acceptors (Lipinski definition) is 11. The van der Waals surface area contributed by atoms with Gasteiger partial charge in [-0.25, -0.2) is 0 Å². The summed E-state index contributed by atoms with van der Waals surface area (Å²) in [6.45, 7) is -0.669. The maximum absolute atomic E-state index is 11.1. The molecule has 0 spiro atoms. The Hall–Kier alpha value is -1.67. The summed E-state index contributed by atoms with van der Waals surface area (Å²) in [7, 11) is 0. The molecule has 0 saturated carbocycles. The molecule has 0 bridgehead atoms. The van der Waals surface area contributed by atoms with E-state index >= 15 is 0 Å². The molecule has 9 atom stereocenters. The lowest BCUT2D eigenvalue weighted by atomic mass is 9.99. The summed E-state index contributed by atoms with van der Waals surface area (Å²) < 4.78 is 21.4. The third kappa shape index (κ3) is 4.74. The fourth-order valence-electron chi connectivity index (χ4n) is 3.08. The molecular formula is C18H24O11. The van der Waals surface area contributed by atoms with Crippen LogP contribution in [-0.2, 0) is 14.2 Å². The molecule has 2 fully saturated rings. The van der Waals surface area contributed by atoms with Crippen molar-refractivity contribution in [3.05, 3.63) is 29.8 Å². The molecule has 2 aliphatic rings. The van der Waals surface area contributed by atoms with Gasteiger partial charge in [-0.3, -0.25) is 4.79 Å². The first-order chi connectivity index (χ1) is 13.8. The summed E-state index contributed by atoms with van der Waals surface area (Å²) in [4.78, 5) is 11.1. The lowest BCUT2D eigenvalue weighted by molar-refractivity contribution is -0.307. The molecule has 11 nitrogen and oxygen atoms in total. The van der Waals surface area contributed by atoms with E-state index in [0.29, 0.717) is 6.29 Å². The fourth-order valence-corrected chi connectivity index (χ4v) is 3.08. The predicted molar refractivity (Wildman–Crippen MR) is 92.9 cm³/mol. The highest BCUT2D eigenvalue weighted by molar-refractivity contribution is 5.79. The zero-order chi connectivity index (χ0) is 21.1. The van der Waals surface area contributed by atoms with E-state index in [9.17, 15) is 35.4 Å². The van der Waals surface area contributed by atoms with Crippen molar-refractivity contribution in [2.24, 2.45) is 0 Å². The van der Waals surface area contributed by atoms with Crippen LogP contribution in [0.15, 0.2) is 24.3 Å². The van der Waals surface area contributed by atoms with E-state index in [1.807, 2.05) is 0 Å². The second kappa shape index (κ2) is 9.43. The lowest BCUT2D eigenvalue weighted by Gasteiger charge is -2.41. The number of carbonyl (C=O) groups excluding carboxylic acids is 1. The summed E-state index contributed by atoms with van der Waals surface area (Å²) >= 11 is 0. The van der Waals surface area contributed by atoms with E-state index in [1.165, 1.54) is 12.1 Å². The quantitative estimate of drug-likeness (QED) is 0.263. The van der Waals surface area contributed by atoms with Crippen molar-refractivity contribution in [1.29, 1.82) is 0 Å². The fraction of sp³-hybridized carbons (Fsp3) is 0.611. The zero-order valence-corrected chi connectivity index (χ0v) is 15.2. The summed E-state index contributed by atoms with van der Waals surface area (Å²) in [6, 6.07) is 6.18. The second-order valence-electron chi connectivity index (χ2n) is 6.87. The van der Waals surface area contributed by atoms with Crippen molar-refractivity contribution in [1.82, 2.24) is 0 Å². The van der Waals surface area contributed by atoms with E-state index < -0.39 is 61.9 Å². The van der Waals surface area contributed by atoms with Gasteiger partial charge in [0.2, 0.25) is 6.29 Å². The SMILES string of the molecule is O=Cc1ccccc1O[C@@H]1O[C@H](CO[C@@H]2OC[C@H](O)[C@H](O)[C@H]2O)[C@@H](O)[C@H](O)[C@H]1O. The Morgan fingerprint density at radius 1 is 0.931 bits per heavy atom. The van der Waals surface area contributed by atoms with Gasteiger partial charge in [0.1, 0.15) is 48.5 Å². The Bertz CT molecular complexity index is 686. The minimum atomic E-state index is -1.64. The summed E-state index contributed by atoms with van der Waals surface area (Å²) in [5.41, 5.74) is 0.197. The van der Waals surface area contributed by atoms with Gasteiger partial charge in [-0.1, -0.05) is 12.1 Å². The Morgan fingerprint density at radius 3 is 2.34 bits per heavy atom. The van der Waals surface area contributed by atoms with Crippen LogP contribution in [-0.4, -0.2) is 105 Å². The van der Waals surface area contributed by atoms with Crippen LogP contribution in [0.5, 0.6) is 5.75 Å². The summed E-state index contributed by atoms with van der Waals surface area (Å²) in [5.74, 6) is 0.109. The van der Waals surface area contributed by atoms with Crippen LogP contribution < -0.4 is 4.74 Å². The molecule has 162 valence electrons. The molecular weight excluding hydrogens is 392 g/mol. The molecule has 0 radical (unpaired) electrons. The smallest absolute Gasteiger partial charge is 0.229 e. The van der Waals surface area contributed by atoms with Gasteiger partial charge in [0.15, 0.2) is 12.6 Å². The highest BCUT2D eigenvalue weighted by Crippen LogP contribution is 2.27. The number of para-hydroxylation sites is 1. The molecule has 2 saturated heterocycles. The van der Waals surface area contributed by atoms with Gasteiger partial charge >= 0.3 is 0 Å². The molecule has 11 heteroatoms. The molecule has 2 aliphatic heterocycles. The van der Waals surface area contributed by atoms with Crippen LogP contribution in [0.2, 0.25) is 0 Å². The Balaban J connectivity index is 1.65. The van der Waals surface area contributed by atoms with E-state index in [-0.39, 0.29) is 17.9 Å². The number of aliphatic hydroxyl groups is 6. The topological polar surface area (TPSA) is 175 Å². The molecule has 3 rings (SSSR count). The maximum Gasteiger partial charge on any atom is 0.229 e. The van der Waals surface area contributed by atoms with E-state index in [4.69, 9.17) is 18.9 Å². The number of ether oxygens (including phenoxy) is 4. The van der Waals surface area contributed by atoms with Crippen LogP contribution in [0, 0.1) is 0 Å². The molecule has 0 unspecified atom stereocenters. The first-order valence-corrected chi connectivity index (χ1v) is 9.01. The average Bonchev–Trinajstić information content (AvgIpc) is 2.73. The van der Waals surface area contributed by atoms with Crippen LogP contribution in [0.1, 0.15) is 10.4 Å². The van der Waals surface area contributed by atoms with Crippen molar-refractivity contribution >= 4 is 6.29 Å². The van der Waals surface area contributed by atoms with Crippen LogP contribution in [0.25, 0.3) is 0 Å². The molecule has 2 heterocycles. The Labute approximate surface area is 165 Å². The third-order valence-electron chi connectivity index (χ3n) is 4.84. The van der Waals surface area contributed by atoms with Gasteiger partial charge in [0.25, 0.3) is 0 Å². The van der Waals surface area contributed by atoms with E-state index in [0.717, 1.165) is 0 Å². The summed E-state index contributed by atoms with van der Waals surface area (Å²) in [5, 5.41) is 59.5. The zero-order valence-electron chi connectivity index (χ0n) is 15.2. The molecule has 1 aromatic carbocycles. The van der Waals surface area contributed by atoms with Crippen molar-refractivity contribution in [2.45, 2.75) is 55.3 Å². The first kappa shape index (κ1) is 22.0. The van der Waals surface area contributed by atoms with Crippen molar-refractivity contribution in [3.8, 4) is 5.75 Å². The molecule has 0 aliphatic carbocycles. The maximum atomic E-state index is 11.1. The number of aldehydes is 1. The van der Waals surface area contributed by atoms with Gasteiger partial charge in [-0.2, -0.15) is 0 Å². The Kier molecular flexibility index (Phi) is 7.16. The monoisotopic (exact) mass is 416 g/mol. The largest absolute Gasteiger partial charge is 0.461 e. The molecule has 0 aromatic heterocycles. The standard InChI is InChI=1S/C18H24O11/c19-5-8-3-1-2-4-10(8)28-18-16(25)14(23)13(22)11(29-18)7-27-17-15(24)12(21)9(20)6-26-17/h1-5,9,11-18,20-25H,6-7H2/t9-,11+,12-,13+,14-,15+,16+,17-,18+/m0/s1. The minimum absolute atomic E-state index is 0.109. The van der Waals surface area contributed by atoms with Crippen LogP contribution in [0.4, 0.5) is 0 Å². The lowest BCUT2D eigenvalue weighted by Crippen LogP contribution is -2.61. The van der Waals surface area contributed by atoms with Gasteiger partial charge in [0, 0.05) is 0 Å².